The van der Waals surface area contributed by atoms with Crippen molar-refractivity contribution >= 4 is 15.9 Å². The molecule has 2 aromatic rings. The Kier molecular flexibility index (Phi) is 4.09. The highest BCUT2D eigenvalue weighted by molar-refractivity contribution is 9.10. The summed E-state index contributed by atoms with van der Waals surface area (Å²) in [7, 11) is 0. The van der Waals surface area contributed by atoms with Gasteiger partial charge in [-0.25, -0.2) is 4.39 Å². The van der Waals surface area contributed by atoms with Crippen LogP contribution in [0.1, 0.15) is 22.9 Å². The molecule has 1 atom stereocenters. The molecule has 0 radical (unpaired) electrons. The third-order valence-electron chi connectivity index (χ3n) is 2.82. The minimum atomic E-state index is -0.242. The first-order chi connectivity index (χ1) is 8.56. The van der Waals surface area contributed by atoms with Crippen LogP contribution in [-0.4, -0.2) is 4.98 Å². The predicted molar refractivity (Wildman–Crippen MR) is 73.7 cm³/mol. The summed E-state index contributed by atoms with van der Waals surface area (Å²) in [5, 5.41) is 0. The molecule has 1 aromatic carbocycles. The number of pyridine rings is 1. The number of nitrogens with two attached hydrogens (primary N) is 1. The van der Waals surface area contributed by atoms with E-state index in [1.807, 2.05) is 25.1 Å². The number of rotatable bonds is 3. The molecule has 0 aliphatic carbocycles. The van der Waals surface area contributed by atoms with Crippen LogP contribution in [0.4, 0.5) is 4.39 Å². The fraction of sp³-hybridized carbons (Fsp3) is 0.214. The van der Waals surface area contributed by atoms with Crippen molar-refractivity contribution < 1.29 is 4.39 Å². The highest BCUT2D eigenvalue weighted by atomic mass is 79.9. The lowest BCUT2D eigenvalue weighted by Crippen LogP contribution is -2.14. The van der Waals surface area contributed by atoms with Crippen LogP contribution >= 0.6 is 15.9 Å². The van der Waals surface area contributed by atoms with Gasteiger partial charge in [0, 0.05) is 22.4 Å². The average molecular weight is 309 g/mol. The maximum Gasteiger partial charge on any atom is 0.127 e. The van der Waals surface area contributed by atoms with Gasteiger partial charge in [0.05, 0.1) is 0 Å². The van der Waals surface area contributed by atoms with Gasteiger partial charge in [0.25, 0.3) is 0 Å². The topological polar surface area (TPSA) is 38.9 Å². The summed E-state index contributed by atoms with van der Waals surface area (Å²) in [6.07, 6.45) is 2.21. The first-order valence-electron chi connectivity index (χ1n) is 5.68. The fourth-order valence-electron chi connectivity index (χ4n) is 1.74. The molecule has 0 fully saturated rings. The second-order valence-corrected chi connectivity index (χ2v) is 5.19. The molecule has 0 amide bonds. The molecular formula is C14H14BrFN2. The normalized spacial score (nSPS) is 12.4. The summed E-state index contributed by atoms with van der Waals surface area (Å²) in [6, 6.07) is 8.62. The molecule has 0 bridgehead atoms. The first-order valence-corrected chi connectivity index (χ1v) is 6.47. The molecule has 94 valence electrons. The zero-order valence-corrected chi connectivity index (χ0v) is 11.6. The van der Waals surface area contributed by atoms with Gasteiger partial charge in [-0.1, -0.05) is 28.1 Å². The standard InChI is InChI=1S/C14H14BrFN2/c1-9-2-3-11(8-18-9)14(17)6-10-4-5-12(15)7-13(10)16/h2-5,7-8,14H,6,17H2,1H3. The zero-order valence-electron chi connectivity index (χ0n) is 10.0. The van der Waals surface area contributed by atoms with Gasteiger partial charge >= 0.3 is 0 Å². The van der Waals surface area contributed by atoms with Gasteiger partial charge in [0.1, 0.15) is 5.82 Å². The molecule has 2 nitrogen and oxygen atoms in total. The van der Waals surface area contributed by atoms with Crippen molar-refractivity contribution in [2.45, 2.75) is 19.4 Å². The minimum absolute atomic E-state index is 0.236. The lowest BCUT2D eigenvalue weighted by Gasteiger charge is -2.12. The number of halogens is 2. The van der Waals surface area contributed by atoms with Gasteiger partial charge in [0.15, 0.2) is 0 Å². The molecular weight excluding hydrogens is 295 g/mol. The van der Waals surface area contributed by atoms with E-state index in [0.29, 0.717) is 12.0 Å². The van der Waals surface area contributed by atoms with Crippen molar-refractivity contribution in [2.24, 2.45) is 5.73 Å². The van der Waals surface area contributed by atoms with Crippen molar-refractivity contribution in [1.82, 2.24) is 4.98 Å². The monoisotopic (exact) mass is 308 g/mol. The van der Waals surface area contributed by atoms with Crippen LogP contribution in [0.15, 0.2) is 41.0 Å². The number of nitrogens with zero attached hydrogens (tertiary/aromatic N) is 1. The second kappa shape index (κ2) is 5.59. The average Bonchev–Trinajstić information content (AvgIpc) is 2.33. The van der Waals surface area contributed by atoms with Crippen LogP contribution in [0.3, 0.4) is 0 Å². The third-order valence-corrected chi connectivity index (χ3v) is 3.31. The van der Waals surface area contributed by atoms with Gasteiger partial charge < -0.3 is 5.73 Å². The van der Waals surface area contributed by atoms with Gasteiger partial charge in [-0.15, -0.1) is 0 Å². The largest absolute Gasteiger partial charge is 0.324 e. The Bertz CT molecular complexity index is 540. The Hall–Kier alpha value is -1.26. The highest BCUT2D eigenvalue weighted by Gasteiger charge is 2.11. The molecule has 18 heavy (non-hydrogen) atoms. The molecule has 0 saturated heterocycles. The Balaban J connectivity index is 2.15. The maximum atomic E-state index is 13.7. The Labute approximate surface area is 114 Å². The van der Waals surface area contributed by atoms with Crippen LogP contribution < -0.4 is 5.73 Å². The van der Waals surface area contributed by atoms with E-state index in [9.17, 15) is 4.39 Å². The van der Waals surface area contributed by atoms with Crippen LogP contribution in [0.25, 0.3) is 0 Å². The van der Waals surface area contributed by atoms with Crippen LogP contribution in [0.2, 0.25) is 0 Å². The molecule has 2 rings (SSSR count). The van der Waals surface area contributed by atoms with Crippen molar-refractivity contribution in [2.75, 3.05) is 0 Å². The van der Waals surface area contributed by atoms with Crippen molar-refractivity contribution in [3.63, 3.8) is 0 Å². The summed E-state index contributed by atoms with van der Waals surface area (Å²) in [4.78, 5) is 4.20. The lowest BCUT2D eigenvalue weighted by atomic mass is 10.0. The Morgan fingerprint density at radius 2 is 2.11 bits per heavy atom. The molecule has 0 spiro atoms. The first kappa shape index (κ1) is 13.2. The second-order valence-electron chi connectivity index (χ2n) is 4.28. The van der Waals surface area contributed by atoms with E-state index in [1.54, 1.807) is 12.3 Å². The van der Waals surface area contributed by atoms with Crippen molar-refractivity contribution in [3.8, 4) is 0 Å². The van der Waals surface area contributed by atoms with Gasteiger partial charge in [0.2, 0.25) is 0 Å². The minimum Gasteiger partial charge on any atom is -0.324 e. The number of aryl methyl sites for hydroxylation is 1. The summed E-state index contributed by atoms with van der Waals surface area (Å²) < 4.78 is 14.4. The summed E-state index contributed by atoms with van der Waals surface area (Å²) in [5.74, 6) is -0.236. The molecule has 0 saturated carbocycles. The molecule has 0 aliphatic rings. The highest BCUT2D eigenvalue weighted by Crippen LogP contribution is 2.20. The maximum absolute atomic E-state index is 13.7. The molecule has 4 heteroatoms. The summed E-state index contributed by atoms with van der Waals surface area (Å²) in [6.45, 7) is 1.92. The zero-order chi connectivity index (χ0) is 13.1. The van der Waals surface area contributed by atoms with Crippen LogP contribution in [-0.2, 0) is 6.42 Å². The van der Waals surface area contributed by atoms with E-state index in [1.165, 1.54) is 6.07 Å². The molecule has 1 unspecified atom stereocenters. The molecule has 2 N–H and O–H groups in total. The number of benzene rings is 1. The molecule has 1 aromatic heterocycles. The van der Waals surface area contributed by atoms with Crippen LogP contribution in [0.5, 0.6) is 0 Å². The SMILES string of the molecule is Cc1ccc(C(N)Cc2ccc(Br)cc2F)cn1. The van der Waals surface area contributed by atoms with Gasteiger partial charge in [-0.2, -0.15) is 0 Å². The fourth-order valence-corrected chi connectivity index (χ4v) is 2.07. The lowest BCUT2D eigenvalue weighted by molar-refractivity contribution is 0.592. The molecule has 1 heterocycles. The van der Waals surface area contributed by atoms with E-state index < -0.39 is 0 Å². The van der Waals surface area contributed by atoms with Crippen molar-refractivity contribution in [3.05, 3.63) is 63.6 Å². The third kappa shape index (κ3) is 3.15. The quantitative estimate of drug-likeness (QED) is 0.942. The smallest absolute Gasteiger partial charge is 0.127 e. The summed E-state index contributed by atoms with van der Waals surface area (Å²) >= 11 is 3.23. The van der Waals surface area contributed by atoms with E-state index in [0.717, 1.165) is 15.7 Å². The number of aromatic nitrogens is 1. The van der Waals surface area contributed by atoms with Gasteiger partial charge in [-0.05, 0) is 42.7 Å². The Morgan fingerprint density at radius 1 is 1.33 bits per heavy atom. The van der Waals surface area contributed by atoms with Gasteiger partial charge in [-0.3, -0.25) is 4.98 Å². The number of hydrogen-bond donors (Lipinski definition) is 1. The van der Waals surface area contributed by atoms with E-state index in [2.05, 4.69) is 20.9 Å². The van der Waals surface area contributed by atoms with Crippen LogP contribution in [0, 0.1) is 12.7 Å². The Morgan fingerprint density at radius 3 is 2.72 bits per heavy atom. The van der Waals surface area contributed by atoms with Crippen molar-refractivity contribution in [1.29, 1.82) is 0 Å². The molecule has 0 aliphatic heterocycles. The predicted octanol–water partition coefficient (Wildman–Crippen LogP) is 3.53. The van der Waals surface area contributed by atoms with E-state index in [-0.39, 0.29) is 11.9 Å². The van der Waals surface area contributed by atoms with E-state index >= 15 is 0 Å². The van der Waals surface area contributed by atoms with E-state index in [4.69, 9.17) is 5.73 Å². The summed E-state index contributed by atoms with van der Waals surface area (Å²) in [5.41, 5.74) is 8.55. The number of hydrogen-bond acceptors (Lipinski definition) is 2.